The Balaban J connectivity index is 2.19. The van der Waals surface area contributed by atoms with Crippen molar-refractivity contribution in [3.8, 4) is 0 Å². The molecule has 1 aromatic rings. The first kappa shape index (κ1) is 13.2. The molecule has 17 heavy (non-hydrogen) atoms. The third kappa shape index (κ3) is 5.70. The number of ether oxygens (including phenoxy) is 1. The fourth-order valence-corrected chi connectivity index (χ4v) is 1.32. The van der Waals surface area contributed by atoms with Gasteiger partial charge in [-0.3, -0.25) is 0 Å². The minimum Gasteiger partial charge on any atom is -0.445 e. The Labute approximate surface area is 101 Å². The quantitative estimate of drug-likeness (QED) is 0.743. The van der Waals surface area contributed by atoms with Crippen LogP contribution in [0.1, 0.15) is 18.9 Å². The maximum atomic E-state index is 11.3. The van der Waals surface area contributed by atoms with E-state index in [9.17, 15) is 4.79 Å². The highest BCUT2D eigenvalue weighted by Gasteiger charge is 2.05. The van der Waals surface area contributed by atoms with Crippen LogP contribution in [-0.2, 0) is 11.3 Å². The molecule has 92 valence electrons. The van der Waals surface area contributed by atoms with Crippen molar-refractivity contribution in [1.29, 1.82) is 5.41 Å². The van der Waals surface area contributed by atoms with Crippen molar-refractivity contribution in [2.45, 2.75) is 20.0 Å². The molecule has 1 atom stereocenters. The molecule has 0 aliphatic heterocycles. The van der Waals surface area contributed by atoms with Crippen LogP contribution in [0.2, 0.25) is 0 Å². The van der Waals surface area contributed by atoms with E-state index in [-0.39, 0.29) is 12.5 Å². The first-order valence-corrected chi connectivity index (χ1v) is 5.66. The Morgan fingerprint density at radius 2 is 2.18 bits per heavy atom. The van der Waals surface area contributed by atoms with Crippen LogP contribution in [0.3, 0.4) is 0 Å². The highest BCUT2D eigenvalue weighted by Crippen LogP contribution is 2.01. The zero-order chi connectivity index (χ0) is 12.5. The number of hydrogen-bond donors (Lipinski definition) is 2. The highest BCUT2D eigenvalue weighted by molar-refractivity contribution is 5.67. The maximum Gasteiger partial charge on any atom is 0.407 e. The number of benzene rings is 1. The summed E-state index contributed by atoms with van der Waals surface area (Å²) in [5.41, 5.74) is 0.968. The van der Waals surface area contributed by atoms with Gasteiger partial charge < -0.3 is 15.5 Å². The highest BCUT2D eigenvalue weighted by atomic mass is 16.5. The number of carbonyl (C=O) groups excluding carboxylic acids is 1. The van der Waals surface area contributed by atoms with Crippen LogP contribution >= 0.6 is 0 Å². The SMILES string of the molecule is C[C@@H](CC=N)CNC(=O)OCc1ccccc1. The van der Waals surface area contributed by atoms with Crippen molar-refractivity contribution in [2.24, 2.45) is 5.92 Å². The van der Waals surface area contributed by atoms with E-state index in [0.29, 0.717) is 13.0 Å². The van der Waals surface area contributed by atoms with Gasteiger partial charge in [0.05, 0.1) is 0 Å². The van der Waals surface area contributed by atoms with Crippen LogP contribution < -0.4 is 5.32 Å². The van der Waals surface area contributed by atoms with E-state index >= 15 is 0 Å². The monoisotopic (exact) mass is 234 g/mol. The molecule has 0 aromatic heterocycles. The Morgan fingerprint density at radius 3 is 2.82 bits per heavy atom. The van der Waals surface area contributed by atoms with Gasteiger partial charge in [0.2, 0.25) is 0 Å². The molecule has 4 nitrogen and oxygen atoms in total. The second-order valence-electron chi connectivity index (χ2n) is 3.99. The third-order valence-electron chi connectivity index (χ3n) is 2.33. The van der Waals surface area contributed by atoms with Crippen molar-refractivity contribution < 1.29 is 9.53 Å². The van der Waals surface area contributed by atoms with E-state index in [4.69, 9.17) is 10.1 Å². The van der Waals surface area contributed by atoms with Gasteiger partial charge in [-0.25, -0.2) is 4.79 Å². The van der Waals surface area contributed by atoms with E-state index in [1.165, 1.54) is 6.21 Å². The van der Waals surface area contributed by atoms with Crippen LogP contribution in [-0.4, -0.2) is 18.9 Å². The molecule has 0 aliphatic rings. The van der Waals surface area contributed by atoms with Crippen molar-refractivity contribution >= 4 is 12.3 Å². The summed E-state index contributed by atoms with van der Waals surface area (Å²) in [7, 11) is 0. The Kier molecular flexibility index (Phi) is 5.79. The Morgan fingerprint density at radius 1 is 1.47 bits per heavy atom. The van der Waals surface area contributed by atoms with Gasteiger partial charge in [0.15, 0.2) is 0 Å². The van der Waals surface area contributed by atoms with Crippen LogP contribution in [0.5, 0.6) is 0 Å². The summed E-state index contributed by atoms with van der Waals surface area (Å²) in [5.74, 6) is 0.261. The minimum atomic E-state index is -0.411. The van der Waals surface area contributed by atoms with E-state index in [1.807, 2.05) is 37.3 Å². The molecule has 0 radical (unpaired) electrons. The van der Waals surface area contributed by atoms with Crippen LogP contribution in [0.25, 0.3) is 0 Å². The van der Waals surface area contributed by atoms with E-state index in [0.717, 1.165) is 5.56 Å². The zero-order valence-corrected chi connectivity index (χ0v) is 9.98. The summed E-state index contributed by atoms with van der Waals surface area (Å²) in [6.07, 6.45) is 1.60. The third-order valence-corrected chi connectivity index (χ3v) is 2.33. The maximum absolute atomic E-state index is 11.3. The molecule has 0 heterocycles. The summed E-state index contributed by atoms with van der Waals surface area (Å²) in [5, 5.41) is 9.62. The molecular weight excluding hydrogens is 216 g/mol. The molecule has 0 unspecified atom stereocenters. The molecule has 1 rings (SSSR count). The molecule has 0 spiro atoms. The number of hydrogen-bond acceptors (Lipinski definition) is 3. The first-order chi connectivity index (χ1) is 8.22. The molecule has 0 fully saturated rings. The lowest BCUT2D eigenvalue weighted by molar-refractivity contribution is 0.138. The Bertz CT molecular complexity index is 352. The average Bonchev–Trinajstić information content (AvgIpc) is 2.35. The van der Waals surface area contributed by atoms with E-state index < -0.39 is 6.09 Å². The molecule has 1 aromatic carbocycles. The largest absolute Gasteiger partial charge is 0.445 e. The Hall–Kier alpha value is -1.84. The number of carbonyl (C=O) groups is 1. The van der Waals surface area contributed by atoms with E-state index in [2.05, 4.69) is 5.32 Å². The average molecular weight is 234 g/mol. The molecule has 4 heteroatoms. The van der Waals surface area contributed by atoms with Gasteiger partial charge in [0.25, 0.3) is 0 Å². The fourth-order valence-electron chi connectivity index (χ4n) is 1.32. The topological polar surface area (TPSA) is 62.2 Å². The van der Waals surface area contributed by atoms with Gasteiger partial charge in [-0.15, -0.1) is 0 Å². The summed E-state index contributed by atoms with van der Waals surface area (Å²) < 4.78 is 5.05. The predicted octanol–water partition coefficient (Wildman–Crippen LogP) is 2.59. The summed E-state index contributed by atoms with van der Waals surface area (Å²) in [6, 6.07) is 9.55. The van der Waals surface area contributed by atoms with Crippen LogP contribution in [0, 0.1) is 11.3 Å². The number of amides is 1. The minimum absolute atomic E-state index is 0.261. The molecule has 0 bridgehead atoms. The lowest BCUT2D eigenvalue weighted by Gasteiger charge is -2.10. The molecule has 1 amide bonds. The normalized spacial score (nSPS) is 11.6. The second-order valence-corrected chi connectivity index (χ2v) is 3.99. The first-order valence-electron chi connectivity index (χ1n) is 5.66. The summed E-state index contributed by atoms with van der Waals surface area (Å²) >= 11 is 0. The molecule has 0 aliphatic carbocycles. The van der Waals surface area contributed by atoms with Gasteiger partial charge in [-0.05, 0) is 24.1 Å². The lowest BCUT2D eigenvalue weighted by atomic mass is 10.1. The van der Waals surface area contributed by atoms with E-state index in [1.54, 1.807) is 0 Å². The lowest BCUT2D eigenvalue weighted by Crippen LogP contribution is -2.28. The summed E-state index contributed by atoms with van der Waals surface area (Å²) in [6.45, 7) is 2.79. The predicted molar refractivity (Wildman–Crippen MR) is 67.2 cm³/mol. The van der Waals surface area contributed by atoms with Gasteiger partial charge >= 0.3 is 6.09 Å². The molecule has 0 saturated carbocycles. The number of alkyl carbamates (subject to hydrolysis) is 1. The van der Waals surface area contributed by atoms with Gasteiger partial charge in [0, 0.05) is 6.54 Å². The van der Waals surface area contributed by atoms with Gasteiger partial charge in [-0.1, -0.05) is 37.3 Å². The number of rotatable bonds is 6. The van der Waals surface area contributed by atoms with Gasteiger partial charge in [-0.2, -0.15) is 0 Å². The van der Waals surface area contributed by atoms with Crippen LogP contribution in [0.4, 0.5) is 4.79 Å². The van der Waals surface area contributed by atoms with Crippen molar-refractivity contribution in [3.63, 3.8) is 0 Å². The van der Waals surface area contributed by atoms with Crippen LogP contribution in [0.15, 0.2) is 30.3 Å². The van der Waals surface area contributed by atoms with Crippen molar-refractivity contribution in [1.82, 2.24) is 5.32 Å². The number of nitrogens with one attached hydrogen (secondary N) is 2. The smallest absolute Gasteiger partial charge is 0.407 e. The second kappa shape index (κ2) is 7.44. The van der Waals surface area contributed by atoms with Crippen molar-refractivity contribution in [2.75, 3.05) is 6.54 Å². The van der Waals surface area contributed by atoms with Gasteiger partial charge in [0.1, 0.15) is 6.61 Å². The van der Waals surface area contributed by atoms with Crippen molar-refractivity contribution in [3.05, 3.63) is 35.9 Å². The standard InChI is InChI=1S/C13H18N2O2/c1-11(7-8-14)9-15-13(16)17-10-12-5-3-2-4-6-12/h2-6,8,11,14H,7,9-10H2,1H3,(H,15,16)/t11-/m0/s1. The molecular formula is C13H18N2O2. The fraction of sp³-hybridized carbons (Fsp3) is 0.385. The molecule has 2 N–H and O–H groups in total. The molecule has 0 saturated heterocycles. The summed E-state index contributed by atoms with van der Waals surface area (Å²) in [4.78, 5) is 11.3. The zero-order valence-electron chi connectivity index (χ0n) is 9.98.